The fourth-order valence-corrected chi connectivity index (χ4v) is 5.05. The summed E-state index contributed by atoms with van der Waals surface area (Å²) in [5.41, 5.74) is 3.69. The number of hydrogen-bond acceptors (Lipinski definition) is 3. The van der Waals surface area contributed by atoms with E-state index in [1.54, 1.807) is 18.3 Å². The lowest BCUT2D eigenvalue weighted by atomic mass is 10.0. The molecule has 1 saturated heterocycles. The predicted molar refractivity (Wildman–Crippen MR) is 109 cm³/mol. The van der Waals surface area contributed by atoms with Crippen LogP contribution in [0.1, 0.15) is 28.9 Å². The lowest BCUT2D eigenvalue weighted by molar-refractivity contribution is 0.378. The van der Waals surface area contributed by atoms with Crippen molar-refractivity contribution in [3.8, 4) is 0 Å². The summed E-state index contributed by atoms with van der Waals surface area (Å²) >= 11 is 0. The van der Waals surface area contributed by atoms with Gasteiger partial charge in [0.2, 0.25) is 0 Å². The van der Waals surface area contributed by atoms with Crippen LogP contribution in [0.5, 0.6) is 0 Å². The topological polar surface area (TPSA) is 51.6 Å². The van der Waals surface area contributed by atoms with Crippen LogP contribution in [0.25, 0.3) is 10.9 Å². The average Bonchev–Trinajstić information content (AvgIpc) is 3.41. The second-order valence-corrected chi connectivity index (χ2v) is 8.92. The molecule has 0 radical (unpaired) electrons. The van der Waals surface area contributed by atoms with Crippen LogP contribution in [0.15, 0.2) is 90.0 Å². The second kappa shape index (κ2) is 6.33. The van der Waals surface area contributed by atoms with Crippen LogP contribution in [-0.2, 0) is 14.8 Å². The van der Waals surface area contributed by atoms with Gasteiger partial charge in [0, 0.05) is 17.1 Å². The highest BCUT2D eigenvalue weighted by Gasteiger charge is 2.43. The summed E-state index contributed by atoms with van der Waals surface area (Å²) in [6.45, 7) is 1.94. The molecule has 1 fully saturated rings. The van der Waals surface area contributed by atoms with Crippen LogP contribution < -0.4 is 0 Å². The Balaban J connectivity index is 1.61. The standard InChI is InChI=1S/C23H19NO3S/c1-16-11-13-18(14-12-16)28(25,26)24-15-20(19-9-5-6-10-21(19)24)23-22(27-23)17-7-3-2-4-8-17/h2-15,22-23H,1H3/t22-,23-/m0/s1. The number of fused-ring (bicyclic) bond motifs is 1. The maximum Gasteiger partial charge on any atom is 0.268 e. The van der Waals surface area contributed by atoms with Crippen LogP contribution in [0, 0.1) is 6.92 Å². The molecule has 2 heterocycles. The number of para-hydroxylation sites is 1. The van der Waals surface area contributed by atoms with Crippen molar-refractivity contribution in [1.29, 1.82) is 0 Å². The number of aryl methyl sites for hydroxylation is 1. The van der Waals surface area contributed by atoms with Gasteiger partial charge < -0.3 is 4.74 Å². The molecule has 1 aliphatic rings. The molecule has 5 rings (SSSR count). The largest absolute Gasteiger partial charge is 0.359 e. The Bertz CT molecular complexity index is 1260. The first kappa shape index (κ1) is 17.2. The van der Waals surface area contributed by atoms with E-state index in [2.05, 4.69) is 0 Å². The quantitative estimate of drug-likeness (QED) is 0.462. The van der Waals surface area contributed by atoms with Gasteiger partial charge in [-0.1, -0.05) is 66.2 Å². The van der Waals surface area contributed by atoms with E-state index in [1.165, 1.54) is 3.97 Å². The van der Waals surface area contributed by atoms with Gasteiger partial charge in [0.05, 0.1) is 10.4 Å². The van der Waals surface area contributed by atoms with E-state index >= 15 is 0 Å². The average molecular weight is 389 g/mol. The Morgan fingerprint density at radius 1 is 0.821 bits per heavy atom. The van der Waals surface area contributed by atoms with Crippen LogP contribution in [0.2, 0.25) is 0 Å². The van der Waals surface area contributed by atoms with E-state index in [1.807, 2.05) is 73.7 Å². The summed E-state index contributed by atoms with van der Waals surface area (Å²) in [4.78, 5) is 0.279. The molecular formula is C23H19NO3S. The molecule has 0 saturated carbocycles. The molecule has 4 nitrogen and oxygen atoms in total. The molecule has 2 atom stereocenters. The van der Waals surface area contributed by atoms with E-state index in [4.69, 9.17) is 4.74 Å². The van der Waals surface area contributed by atoms with Gasteiger partial charge in [0.1, 0.15) is 12.2 Å². The number of epoxide rings is 1. The summed E-state index contributed by atoms with van der Waals surface area (Å²) in [7, 11) is -3.69. The number of aromatic nitrogens is 1. The SMILES string of the molecule is Cc1ccc(S(=O)(=O)n2cc([C@@H]3O[C@H]3c3ccccc3)c3ccccc32)cc1. The number of ether oxygens (including phenoxy) is 1. The third-order valence-electron chi connectivity index (χ3n) is 5.21. The van der Waals surface area contributed by atoms with Gasteiger partial charge in [-0.3, -0.25) is 0 Å². The van der Waals surface area contributed by atoms with E-state index in [0.29, 0.717) is 5.52 Å². The maximum absolute atomic E-state index is 13.3. The number of benzene rings is 3. The molecule has 3 aromatic carbocycles. The highest BCUT2D eigenvalue weighted by molar-refractivity contribution is 7.90. The highest BCUT2D eigenvalue weighted by Crippen LogP contribution is 2.53. The molecule has 1 aromatic heterocycles. The number of nitrogens with zero attached hydrogens (tertiary/aromatic N) is 1. The monoisotopic (exact) mass is 389 g/mol. The molecule has 0 bridgehead atoms. The Labute approximate surface area is 164 Å². The van der Waals surface area contributed by atoms with Crippen molar-refractivity contribution in [3.63, 3.8) is 0 Å². The Morgan fingerprint density at radius 2 is 1.50 bits per heavy atom. The minimum Gasteiger partial charge on any atom is -0.359 e. The minimum atomic E-state index is -3.69. The Morgan fingerprint density at radius 3 is 2.25 bits per heavy atom. The van der Waals surface area contributed by atoms with Crippen LogP contribution in [0.4, 0.5) is 0 Å². The first-order valence-electron chi connectivity index (χ1n) is 9.18. The molecule has 140 valence electrons. The molecule has 28 heavy (non-hydrogen) atoms. The van der Waals surface area contributed by atoms with Crippen molar-refractivity contribution in [1.82, 2.24) is 3.97 Å². The van der Waals surface area contributed by atoms with E-state index < -0.39 is 10.0 Å². The molecule has 0 spiro atoms. The van der Waals surface area contributed by atoms with Crippen molar-refractivity contribution in [2.75, 3.05) is 0 Å². The van der Waals surface area contributed by atoms with Crippen molar-refractivity contribution in [3.05, 3.63) is 102 Å². The van der Waals surface area contributed by atoms with Gasteiger partial charge in [-0.15, -0.1) is 0 Å². The van der Waals surface area contributed by atoms with Gasteiger partial charge in [0.15, 0.2) is 0 Å². The van der Waals surface area contributed by atoms with Crippen molar-refractivity contribution in [2.24, 2.45) is 0 Å². The van der Waals surface area contributed by atoms with E-state index in [-0.39, 0.29) is 17.1 Å². The number of rotatable bonds is 4. The summed E-state index contributed by atoms with van der Waals surface area (Å²) in [6.07, 6.45) is 1.54. The van der Waals surface area contributed by atoms with Crippen molar-refractivity contribution < 1.29 is 13.2 Å². The van der Waals surface area contributed by atoms with Gasteiger partial charge in [-0.05, 0) is 30.7 Å². The molecular weight excluding hydrogens is 370 g/mol. The van der Waals surface area contributed by atoms with Crippen molar-refractivity contribution in [2.45, 2.75) is 24.0 Å². The van der Waals surface area contributed by atoms with E-state index in [0.717, 1.165) is 22.1 Å². The molecule has 1 aliphatic heterocycles. The third-order valence-corrected chi connectivity index (χ3v) is 6.90. The van der Waals surface area contributed by atoms with Crippen LogP contribution in [-0.4, -0.2) is 12.4 Å². The minimum absolute atomic E-state index is 0.0393. The Hall–Kier alpha value is -2.89. The summed E-state index contributed by atoms with van der Waals surface area (Å²) in [5, 5.41) is 0.904. The van der Waals surface area contributed by atoms with Gasteiger partial charge in [-0.2, -0.15) is 0 Å². The highest BCUT2D eigenvalue weighted by atomic mass is 32.2. The normalized spacial score (nSPS) is 19.0. The summed E-state index contributed by atoms with van der Waals surface area (Å²) < 4.78 is 33.9. The van der Waals surface area contributed by atoms with Crippen molar-refractivity contribution >= 4 is 20.9 Å². The predicted octanol–water partition coefficient (Wildman–Crippen LogP) is 5.00. The maximum atomic E-state index is 13.3. The third kappa shape index (κ3) is 2.75. The summed E-state index contributed by atoms with van der Waals surface area (Å²) in [5.74, 6) is 0. The van der Waals surface area contributed by atoms with Gasteiger partial charge in [-0.25, -0.2) is 12.4 Å². The lowest BCUT2D eigenvalue weighted by Crippen LogP contribution is -2.11. The zero-order chi connectivity index (χ0) is 19.3. The van der Waals surface area contributed by atoms with Crippen LogP contribution in [0.3, 0.4) is 0 Å². The fourth-order valence-electron chi connectivity index (χ4n) is 3.67. The fraction of sp³-hybridized carbons (Fsp3) is 0.130. The molecule has 0 amide bonds. The molecule has 0 aliphatic carbocycles. The van der Waals surface area contributed by atoms with Gasteiger partial charge >= 0.3 is 0 Å². The zero-order valence-corrected chi connectivity index (χ0v) is 16.1. The number of hydrogen-bond donors (Lipinski definition) is 0. The lowest BCUT2D eigenvalue weighted by Gasteiger charge is -2.07. The summed E-state index contributed by atoms with van der Waals surface area (Å²) in [6, 6.07) is 24.5. The second-order valence-electron chi connectivity index (χ2n) is 7.10. The zero-order valence-electron chi connectivity index (χ0n) is 15.3. The first-order valence-corrected chi connectivity index (χ1v) is 10.6. The molecule has 4 aromatic rings. The smallest absolute Gasteiger partial charge is 0.268 e. The molecule has 0 unspecified atom stereocenters. The van der Waals surface area contributed by atoms with E-state index in [9.17, 15) is 8.42 Å². The molecule has 0 N–H and O–H groups in total. The first-order chi connectivity index (χ1) is 13.6. The van der Waals surface area contributed by atoms with Crippen LogP contribution >= 0.6 is 0 Å². The Kier molecular flexibility index (Phi) is 3.89. The van der Waals surface area contributed by atoms with Gasteiger partial charge in [0.25, 0.3) is 10.0 Å². The molecule has 5 heteroatoms.